The number of nitro benzene ring substituents is 1. The van der Waals surface area contributed by atoms with Gasteiger partial charge in [0.2, 0.25) is 5.78 Å². The number of carbonyl (C=O) groups excluding carboxylic acids is 1. The average molecular weight is 297 g/mol. The zero-order chi connectivity index (χ0) is 15.7. The molecule has 2 aromatic carbocycles. The van der Waals surface area contributed by atoms with Gasteiger partial charge in [-0.2, -0.15) is 0 Å². The predicted molar refractivity (Wildman–Crippen MR) is 79.0 cm³/mol. The molecule has 3 rings (SSSR count). The summed E-state index contributed by atoms with van der Waals surface area (Å²) >= 11 is 0. The SMILES string of the molecule is COc1ccc2c(c1)O/C(=C\c1ccccc1[N+](=O)[O-])C2=O. The topological polar surface area (TPSA) is 78.7 Å². The van der Waals surface area contributed by atoms with Crippen LogP contribution in [0.3, 0.4) is 0 Å². The minimum Gasteiger partial charge on any atom is -0.497 e. The van der Waals surface area contributed by atoms with Crippen LogP contribution in [0.2, 0.25) is 0 Å². The Morgan fingerprint density at radius 2 is 2.00 bits per heavy atom. The lowest BCUT2D eigenvalue weighted by atomic mass is 10.1. The van der Waals surface area contributed by atoms with Gasteiger partial charge < -0.3 is 9.47 Å². The Kier molecular flexibility index (Phi) is 3.34. The molecule has 0 bridgehead atoms. The number of nitro groups is 1. The summed E-state index contributed by atoms with van der Waals surface area (Å²) in [6.07, 6.45) is 1.38. The highest BCUT2D eigenvalue weighted by Crippen LogP contribution is 2.35. The fourth-order valence-electron chi connectivity index (χ4n) is 2.21. The summed E-state index contributed by atoms with van der Waals surface area (Å²) in [7, 11) is 1.52. The average Bonchev–Trinajstić information content (AvgIpc) is 2.83. The standard InChI is InChI=1S/C16H11NO5/c1-21-11-6-7-12-14(9-11)22-15(16(12)18)8-10-4-2-3-5-13(10)17(19)20/h2-9H,1H3/b15-8-. The van der Waals surface area contributed by atoms with Crippen LogP contribution in [0.25, 0.3) is 6.08 Å². The largest absolute Gasteiger partial charge is 0.497 e. The third kappa shape index (κ3) is 2.31. The van der Waals surface area contributed by atoms with Crippen LogP contribution in [-0.2, 0) is 0 Å². The molecule has 0 spiro atoms. The van der Waals surface area contributed by atoms with E-state index in [-0.39, 0.29) is 17.2 Å². The third-order valence-corrected chi connectivity index (χ3v) is 3.30. The lowest BCUT2D eigenvalue weighted by Crippen LogP contribution is -1.99. The Morgan fingerprint density at radius 3 is 2.73 bits per heavy atom. The summed E-state index contributed by atoms with van der Waals surface area (Å²) in [6.45, 7) is 0. The first-order valence-corrected chi connectivity index (χ1v) is 6.46. The van der Waals surface area contributed by atoms with E-state index >= 15 is 0 Å². The summed E-state index contributed by atoms with van der Waals surface area (Å²) in [6, 6.07) is 11.0. The van der Waals surface area contributed by atoms with Gasteiger partial charge in [-0.25, -0.2) is 0 Å². The zero-order valence-electron chi connectivity index (χ0n) is 11.6. The second-order valence-electron chi connectivity index (χ2n) is 4.62. The maximum absolute atomic E-state index is 12.3. The molecule has 0 fully saturated rings. The minimum atomic E-state index is -0.498. The van der Waals surface area contributed by atoms with Crippen LogP contribution >= 0.6 is 0 Å². The second-order valence-corrected chi connectivity index (χ2v) is 4.62. The van der Waals surface area contributed by atoms with E-state index in [9.17, 15) is 14.9 Å². The number of rotatable bonds is 3. The fraction of sp³-hybridized carbons (Fsp3) is 0.0625. The Balaban J connectivity index is 2.01. The summed E-state index contributed by atoms with van der Waals surface area (Å²) in [5, 5.41) is 11.0. The molecule has 0 radical (unpaired) electrons. The highest BCUT2D eigenvalue weighted by molar-refractivity contribution is 6.14. The van der Waals surface area contributed by atoms with Gasteiger partial charge in [-0.05, 0) is 24.3 Å². The number of hydrogen-bond donors (Lipinski definition) is 0. The van der Waals surface area contributed by atoms with Crippen LogP contribution in [-0.4, -0.2) is 17.8 Å². The predicted octanol–water partition coefficient (Wildman–Crippen LogP) is 3.22. The van der Waals surface area contributed by atoms with Gasteiger partial charge in [0.05, 0.1) is 23.2 Å². The maximum Gasteiger partial charge on any atom is 0.276 e. The van der Waals surface area contributed by atoms with Crippen molar-refractivity contribution in [1.29, 1.82) is 0 Å². The van der Waals surface area contributed by atoms with E-state index < -0.39 is 4.92 Å². The molecule has 6 heteroatoms. The third-order valence-electron chi connectivity index (χ3n) is 3.30. The Labute approximate surface area is 125 Å². The molecule has 0 unspecified atom stereocenters. The molecule has 6 nitrogen and oxygen atoms in total. The number of benzene rings is 2. The van der Waals surface area contributed by atoms with Gasteiger partial charge in [-0.1, -0.05) is 12.1 Å². The summed E-state index contributed by atoms with van der Waals surface area (Å²) in [4.78, 5) is 22.8. The number of hydrogen-bond acceptors (Lipinski definition) is 5. The summed E-state index contributed by atoms with van der Waals surface area (Å²) in [5.41, 5.74) is 0.640. The van der Waals surface area contributed by atoms with Crippen LogP contribution < -0.4 is 9.47 Å². The van der Waals surface area contributed by atoms with Gasteiger partial charge in [0.15, 0.2) is 5.76 Å². The van der Waals surface area contributed by atoms with Crippen LogP contribution in [0, 0.1) is 10.1 Å². The van der Waals surface area contributed by atoms with Crippen LogP contribution in [0.1, 0.15) is 15.9 Å². The van der Waals surface area contributed by atoms with Gasteiger partial charge in [-0.15, -0.1) is 0 Å². The molecule has 2 aromatic rings. The van der Waals surface area contributed by atoms with Gasteiger partial charge >= 0.3 is 0 Å². The molecular weight excluding hydrogens is 286 g/mol. The lowest BCUT2D eigenvalue weighted by Gasteiger charge is -2.01. The molecule has 0 atom stereocenters. The van der Waals surface area contributed by atoms with Crippen LogP contribution in [0.4, 0.5) is 5.69 Å². The lowest BCUT2D eigenvalue weighted by molar-refractivity contribution is -0.385. The number of Topliss-reactive ketones (excluding diaryl/α,β-unsaturated/α-hetero) is 1. The molecule has 1 heterocycles. The maximum atomic E-state index is 12.3. The van der Waals surface area contributed by atoms with Crippen molar-refractivity contribution in [2.24, 2.45) is 0 Å². The van der Waals surface area contributed by atoms with Gasteiger partial charge in [0.25, 0.3) is 5.69 Å². The number of ether oxygens (including phenoxy) is 2. The van der Waals surface area contributed by atoms with E-state index in [0.717, 1.165) is 0 Å². The van der Waals surface area contributed by atoms with E-state index in [4.69, 9.17) is 9.47 Å². The van der Waals surface area contributed by atoms with Crippen molar-refractivity contribution in [2.75, 3.05) is 7.11 Å². The van der Waals surface area contributed by atoms with E-state index in [1.165, 1.54) is 19.3 Å². The summed E-state index contributed by atoms with van der Waals surface area (Å²) in [5.74, 6) is 0.695. The Morgan fingerprint density at radius 1 is 1.23 bits per heavy atom. The molecule has 0 saturated heterocycles. The van der Waals surface area contributed by atoms with Crippen molar-refractivity contribution in [3.05, 3.63) is 69.5 Å². The monoisotopic (exact) mass is 297 g/mol. The molecule has 0 amide bonds. The molecule has 22 heavy (non-hydrogen) atoms. The van der Waals surface area contributed by atoms with Gasteiger partial charge in [-0.3, -0.25) is 14.9 Å². The molecule has 0 aliphatic carbocycles. The molecular formula is C16H11NO5. The van der Waals surface area contributed by atoms with E-state index in [2.05, 4.69) is 0 Å². The number of para-hydroxylation sites is 1. The Bertz CT molecular complexity index is 810. The normalized spacial score (nSPS) is 14.6. The number of allylic oxidation sites excluding steroid dienone is 1. The molecule has 0 aromatic heterocycles. The number of fused-ring (bicyclic) bond motifs is 1. The second kappa shape index (κ2) is 5.33. The summed E-state index contributed by atoms with van der Waals surface area (Å²) < 4.78 is 10.6. The van der Waals surface area contributed by atoms with E-state index in [1.54, 1.807) is 36.4 Å². The number of methoxy groups -OCH3 is 1. The minimum absolute atomic E-state index is 0.0533. The smallest absolute Gasteiger partial charge is 0.276 e. The van der Waals surface area contributed by atoms with Crippen molar-refractivity contribution >= 4 is 17.5 Å². The first-order chi connectivity index (χ1) is 10.6. The first kappa shape index (κ1) is 13.8. The number of carbonyl (C=O) groups is 1. The van der Waals surface area contributed by atoms with Crippen LogP contribution in [0.15, 0.2) is 48.2 Å². The number of ketones is 1. The van der Waals surface area contributed by atoms with Crippen molar-refractivity contribution in [3.8, 4) is 11.5 Å². The fourth-order valence-corrected chi connectivity index (χ4v) is 2.21. The first-order valence-electron chi connectivity index (χ1n) is 6.46. The Hall–Kier alpha value is -3.15. The van der Waals surface area contributed by atoms with Crippen molar-refractivity contribution in [3.63, 3.8) is 0 Å². The molecule has 0 N–H and O–H groups in total. The molecule has 1 aliphatic rings. The molecule has 0 saturated carbocycles. The quantitative estimate of drug-likeness (QED) is 0.494. The van der Waals surface area contributed by atoms with E-state index in [1.807, 2.05) is 0 Å². The van der Waals surface area contributed by atoms with Gasteiger partial charge in [0.1, 0.15) is 11.5 Å². The highest BCUT2D eigenvalue weighted by atomic mass is 16.6. The van der Waals surface area contributed by atoms with Crippen molar-refractivity contribution in [2.45, 2.75) is 0 Å². The van der Waals surface area contributed by atoms with Crippen molar-refractivity contribution in [1.82, 2.24) is 0 Å². The highest BCUT2D eigenvalue weighted by Gasteiger charge is 2.28. The zero-order valence-corrected chi connectivity index (χ0v) is 11.6. The van der Waals surface area contributed by atoms with Gasteiger partial charge in [0, 0.05) is 12.1 Å². The molecule has 1 aliphatic heterocycles. The van der Waals surface area contributed by atoms with Crippen LogP contribution in [0.5, 0.6) is 11.5 Å². The van der Waals surface area contributed by atoms with E-state index in [0.29, 0.717) is 22.6 Å². The molecule has 110 valence electrons. The number of nitrogens with zero attached hydrogens (tertiary/aromatic N) is 1. The van der Waals surface area contributed by atoms with Crippen molar-refractivity contribution < 1.29 is 19.2 Å².